The van der Waals surface area contributed by atoms with Crippen LogP contribution in [0.2, 0.25) is 0 Å². The van der Waals surface area contributed by atoms with Crippen LogP contribution in [0.4, 0.5) is 5.95 Å². The van der Waals surface area contributed by atoms with Crippen molar-refractivity contribution in [3.05, 3.63) is 23.8 Å². The summed E-state index contributed by atoms with van der Waals surface area (Å²) in [6.45, 7) is 5.96. The van der Waals surface area contributed by atoms with Crippen molar-refractivity contribution >= 4 is 28.8 Å². The first-order chi connectivity index (χ1) is 13.1. The number of carbonyl (C=O) groups is 2. The predicted octanol–water partition coefficient (Wildman–Crippen LogP) is 0.761. The van der Waals surface area contributed by atoms with Gasteiger partial charge in [0.15, 0.2) is 0 Å². The Kier molecular flexibility index (Phi) is 4.73. The summed E-state index contributed by atoms with van der Waals surface area (Å²) in [4.78, 5) is 33.7. The van der Waals surface area contributed by atoms with Gasteiger partial charge in [-0.2, -0.15) is 0 Å². The van der Waals surface area contributed by atoms with E-state index in [0.29, 0.717) is 38.3 Å². The molecule has 1 N–H and O–H groups in total. The van der Waals surface area contributed by atoms with Gasteiger partial charge >= 0.3 is 0 Å². The second-order valence-corrected chi connectivity index (χ2v) is 6.99. The summed E-state index contributed by atoms with van der Waals surface area (Å²) in [7, 11) is 1.99. The highest BCUT2D eigenvalue weighted by atomic mass is 16.5. The van der Waals surface area contributed by atoms with E-state index >= 15 is 0 Å². The standard InChI is InChI=1S/C19H25N5O3/c1-3-15-17(25)20-6-7-24(15)18(26)13-4-5-16-14(12-13)21-19(22(16)2)23-8-10-27-11-9-23/h4-5,12,15H,3,6-11H2,1-2H3,(H,20,25)/t15-/m0/s1. The highest BCUT2D eigenvalue weighted by Crippen LogP contribution is 2.24. The summed E-state index contributed by atoms with van der Waals surface area (Å²) in [6.07, 6.45) is 0.602. The molecule has 0 radical (unpaired) electrons. The normalized spacial score (nSPS) is 20.8. The molecule has 2 aliphatic heterocycles. The number of benzene rings is 1. The molecule has 2 aromatic rings. The Morgan fingerprint density at radius 1 is 1.30 bits per heavy atom. The van der Waals surface area contributed by atoms with Gasteiger partial charge in [0, 0.05) is 38.8 Å². The number of fused-ring (bicyclic) bond motifs is 1. The molecular formula is C19H25N5O3. The summed E-state index contributed by atoms with van der Waals surface area (Å²) in [5.41, 5.74) is 2.35. The van der Waals surface area contributed by atoms with Gasteiger partial charge in [-0.3, -0.25) is 9.59 Å². The van der Waals surface area contributed by atoms with E-state index in [1.54, 1.807) is 4.90 Å². The average molecular weight is 371 g/mol. The van der Waals surface area contributed by atoms with Crippen molar-refractivity contribution in [2.24, 2.45) is 7.05 Å². The summed E-state index contributed by atoms with van der Waals surface area (Å²) >= 11 is 0. The molecule has 0 spiro atoms. The Hall–Kier alpha value is -2.61. The van der Waals surface area contributed by atoms with Crippen molar-refractivity contribution in [2.75, 3.05) is 44.3 Å². The van der Waals surface area contributed by atoms with Gasteiger partial charge in [-0.25, -0.2) is 4.98 Å². The van der Waals surface area contributed by atoms with Crippen LogP contribution in [0.3, 0.4) is 0 Å². The number of aromatic nitrogens is 2. The van der Waals surface area contributed by atoms with E-state index in [2.05, 4.69) is 14.8 Å². The van der Waals surface area contributed by atoms with Gasteiger partial charge in [0.05, 0.1) is 24.2 Å². The van der Waals surface area contributed by atoms with Gasteiger partial charge in [0.2, 0.25) is 11.9 Å². The summed E-state index contributed by atoms with van der Waals surface area (Å²) in [6, 6.07) is 5.19. The molecule has 1 atom stereocenters. The Balaban J connectivity index is 1.64. The average Bonchev–Trinajstić information content (AvgIpc) is 3.04. The number of anilines is 1. The van der Waals surface area contributed by atoms with Crippen LogP contribution in [0.15, 0.2) is 18.2 Å². The fourth-order valence-electron chi connectivity index (χ4n) is 3.90. The number of aryl methyl sites for hydroxylation is 1. The van der Waals surface area contributed by atoms with E-state index in [1.807, 2.05) is 32.2 Å². The number of nitrogens with zero attached hydrogens (tertiary/aromatic N) is 4. The van der Waals surface area contributed by atoms with E-state index < -0.39 is 6.04 Å². The highest BCUT2D eigenvalue weighted by molar-refractivity contribution is 6.00. The molecular weight excluding hydrogens is 346 g/mol. The van der Waals surface area contributed by atoms with Gasteiger partial charge in [0.25, 0.3) is 5.91 Å². The molecule has 0 bridgehead atoms. The lowest BCUT2D eigenvalue weighted by atomic mass is 10.1. The molecule has 0 aliphatic carbocycles. The maximum atomic E-state index is 13.0. The number of rotatable bonds is 3. The van der Waals surface area contributed by atoms with Crippen LogP contribution in [0.1, 0.15) is 23.7 Å². The third-order valence-corrected chi connectivity index (χ3v) is 5.38. The van der Waals surface area contributed by atoms with Crippen LogP contribution >= 0.6 is 0 Å². The summed E-state index contributed by atoms with van der Waals surface area (Å²) in [5.74, 6) is 0.699. The summed E-state index contributed by atoms with van der Waals surface area (Å²) in [5, 5.41) is 2.83. The first-order valence-electron chi connectivity index (χ1n) is 9.48. The molecule has 1 aromatic heterocycles. The van der Waals surface area contributed by atoms with Crippen LogP contribution in [0, 0.1) is 0 Å². The van der Waals surface area contributed by atoms with Crippen molar-refractivity contribution < 1.29 is 14.3 Å². The number of imidazole rings is 1. The predicted molar refractivity (Wildman–Crippen MR) is 102 cm³/mol. The van der Waals surface area contributed by atoms with Crippen molar-refractivity contribution in [1.29, 1.82) is 0 Å². The van der Waals surface area contributed by atoms with Crippen molar-refractivity contribution in [2.45, 2.75) is 19.4 Å². The SMILES string of the molecule is CC[C@H]1C(=O)NCCN1C(=O)c1ccc2c(c1)nc(N1CCOCC1)n2C. The zero-order valence-electron chi connectivity index (χ0n) is 15.8. The van der Waals surface area contributed by atoms with Crippen LogP contribution in [-0.4, -0.2) is 71.7 Å². The van der Waals surface area contributed by atoms with Gasteiger partial charge < -0.3 is 24.4 Å². The molecule has 1 aromatic carbocycles. The third-order valence-electron chi connectivity index (χ3n) is 5.38. The smallest absolute Gasteiger partial charge is 0.254 e. The minimum Gasteiger partial charge on any atom is -0.378 e. The van der Waals surface area contributed by atoms with E-state index in [1.165, 1.54) is 0 Å². The molecule has 144 valence electrons. The van der Waals surface area contributed by atoms with Gasteiger partial charge in [-0.1, -0.05) is 6.92 Å². The maximum Gasteiger partial charge on any atom is 0.254 e. The van der Waals surface area contributed by atoms with E-state index in [4.69, 9.17) is 9.72 Å². The Bertz CT molecular complexity index is 872. The van der Waals surface area contributed by atoms with E-state index in [9.17, 15) is 9.59 Å². The summed E-state index contributed by atoms with van der Waals surface area (Å²) < 4.78 is 7.47. The number of amides is 2. The highest BCUT2D eigenvalue weighted by Gasteiger charge is 2.32. The lowest BCUT2D eigenvalue weighted by Gasteiger charge is -2.34. The number of hydrogen-bond donors (Lipinski definition) is 1. The number of ether oxygens (including phenoxy) is 1. The van der Waals surface area contributed by atoms with Gasteiger partial charge in [0.1, 0.15) is 6.04 Å². The fourth-order valence-corrected chi connectivity index (χ4v) is 3.90. The van der Waals surface area contributed by atoms with Gasteiger partial charge in [-0.15, -0.1) is 0 Å². The second kappa shape index (κ2) is 7.19. The first-order valence-corrected chi connectivity index (χ1v) is 9.48. The van der Waals surface area contributed by atoms with Crippen molar-refractivity contribution in [1.82, 2.24) is 19.8 Å². The van der Waals surface area contributed by atoms with Crippen LogP contribution in [-0.2, 0) is 16.6 Å². The van der Waals surface area contributed by atoms with Crippen LogP contribution in [0.5, 0.6) is 0 Å². The Morgan fingerprint density at radius 2 is 2.07 bits per heavy atom. The topological polar surface area (TPSA) is 79.7 Å². The zero-order chi connectivity index (χ0) is 19.0. The molecule has 0 unspecified atom stereocenters. The molecule has 0 saturated carbocycles. The van der Waals surface area contributed by atoms with Crippen molar-refractivity contribution in [3.63, 3.8) is 0 Å². The molecule has 8 heteroatoms. The Morgan fingerprint density at radius 3 is 2.81 bits per heavy atom. The molecule has 4 rings (SSSR count). The lowest BCUT2D eigenvalue weighted by Crippen LogP contribution is -2.56. The molecule has 2 fully saturated rings. The van der Waals surface area contributed by atoms with E-state index in [-0.39, 0.29) is 11.8 Å². The molecule has 27 heavy (non-hydrogen) atoms. The molecule has 2 aliphatic rings. The number of piperazine rings is 1. The lowest BCUT2D eigenvalue weighted by molar-refractivity contribution is -0.127. The third kappa shape index (κ3) is 3.14. The molecule has 2 amide bonds. The number of nitrogens with one attached hydrogen (secondary N) is 1. The number of morpholine rings is 1. The number of carbonyl (C=O) groups excluding carboxylic acids is 2. The quantitative estimate of drug-likeness (QED) is 0.862. The second-order valence-electron chi connectivity index (χ2n) is 6.99. The monoisotopic (exact) mass is 371 g/mol. The largest absolute Gasteiger partial charge is 0.378 e. The molecule has 3 heterocycles. The van der Waals surface area contributed by atoms with Crippen molar-refractivity contribution in [3.8, 4) is 0 Å². The van der Waals surface area contributed by atoms with Crippen LogP contribution in [0.25, 0.3) is 11.0 Å². The Labute approximate surface area is 158 Å². The van der Waals surface area contributed by atoms with Crippen LogP contribution < -0.4 is 10.2 Å². The minimum atomic E-state index is -0.408. The minimum absolute atomic E-state index is 0.0781. The zero-order valence-corrected chi connectivity index (χ0v) is 15.8. The van der Waals surface area contributed by atoms with Gasteiger partial charge in [-0.05, 0) is 24.6 Å². The first kappa shape index (κ1) is 17.8. The maximum absolute atomic E-state index is 13.0. The number of hydrogen-bond acceptors (Lipinski definition) is 5. The van der Waals surface area contributed by atoms with E-state index in [0.717, 1.165) is 30.1 Å². The molecule has 2 saturated heterocycles. The molecule has 8 nitrogen and oxygen atoms in total. The fraction of sp³-hybridized carbons (Fsp3) is 0.526.